The number of nitrogens with one attached hydrogen (secondary N) is 1. The number of H-pyrrole nitrogens is 1. The minimum atomic E-state index is -0.484. The van der Waals surface area contributed by atoms with Gasteiger partial charge in [-0.15, -0.1) is 0 Å². The molecule has 0 saturated carbocycles. The highest BCUT2D eigenvalue weighted by Gasteiger charge is 2.15. The zero-order valence-electron chi connectivity index (χ0n) is 17.0. The summed E-state index contributed by atoms with van der Waals surface area (Å²) in [6.45, 7) is 2.17. The Morgan fingerprint density at radius 3 is 2.59 bits per heavy atom. The summed E-state index contributed by atoms with van der Waals surface area (Å²) in [5, 5.41) is 4.90. The van der Waals surface area contributed by atoms with E-state index in [-0.39, 0.29) is 18.0 Å². The van der Waals surface area contributed by atoms with Gasteiger partial charge in [0.2, 0.25) is 5.82 Å². The van der Waals surface area contributed by atoms with Gasteiger partial charge in [0.15, 0.2) is 0 Å². The minimum Gasteiger partial charge on any atom is -0.334 e. The van der Waals surface area contributed by atoms with Crippen LogP contribution in [0.1, 0.15) is 11.1 Å². The Kier molecular flexibility index (Phi) is 4.95. The molecule has 0 fully saturated rings. The van der Waals surface area contributed by atoms with Gasteiger partial charge in [0.1, 0.15) is 0 Å². The molecule has 0 aliphatic carbocycles. The Hall–Kier alpha value is -3.97. The highest BCUT2D eigenvalue weighted by molar-refractivity contribution is 6.33. The molecule has 0 spiro atoms. The molecule has 2 heterocycles. The Bertz CT molecular complexity index is 1570. The predicted molar refractivity (Wildman–Crippen MR) is 123 cm³/mol. The quantitative estimate of drug-likeness (QED) is 0.443. The van der Waals surface area contributed by atoms with E-state index in [1.165, 1.54) is 4.57 Å². The largest absolute Gasteiger partial charge is 0.334 e. The van der Waals surface area contributed by atoms with E-state index in [2.05, 4.69) is 15.1 Å². The third-order valence-electron chi connectivity index (χ3n) is 5.23. The molecule has 5 aromatic rings. The van der Waals surface area contributed by atoms with Crippen LogP contribution in [0, 0.1) is 6.92 Å². The van der Waals surface area contributed by atoms with Gasteiger partial charge in [0.05, 0.1) is 22.5 Å². The van der Waals surface area contributed by atoms with Crippen LogP contribution in [0.2, 0.25) is 5.02 Å². The van der Waals surface area contributed by atoms with Crippen molar-refractivity contribution in [3.8, 4) is 22.8 Å². The van der Waals surface area contributed by atoms with Crippen molar-refractivity contribution in [1.82, 2.24) is 19.7 Å². The number of nitrogens with zero attached hydrogens (tertiary/aromatic N) is 3. The normalized spacial score (nSPS) is 11.2. The summed E-state index contributed by atoms with van der Waals surface area (Å²) in [5.74, 6) is 0.610. The van der Waals surface area contributed by atoms with Crippen molar-refractivity contribution in [1.29, 1.82) is 0 Å². The van der Waals surface area contributed by atoms with Gasteiger partial charge in [-0.1, -0.05) is 58.7 Å². The topological polar surface area (TPSA) is 93.8 Å². The first-order valence-electron chi connectivity index (χ1n) is 9.91. The number of rotatable bonds is 4. The van der Waals surface area contributed by atoms with Crippen molar-refractivity contribution in [3.05, 3.63) is 104 Å². The maximum Gasteiger partial charge on any atom is 0.329 e. The molecule has 0 saturated heterocycles. The molecule has 0 radical (unpaired) electrons. The summed E-state index contributed by atoms with van der Waals surface area (Å²) in [6, 6.07) is 19.9. The van der Waals surface area contributed by atoms with Crippen LogP contribution in [0.4, 0.5) is 0 Å². The van der Waals surface area contributed by atoms with Gasteiger partial charge in [-0.25, -0.2) is 4.79 Å². The molecule has 7 nitrogen and oxygen atoms in total. The summed E-state index contributed by atoms with van der Waals surface area (Å²) < 4.78 is 6.58. The summed E-state index contributed by atoms with van der Waals surface area (Å²) in [7, 11) is 0. The molecule has 3 aromatic carbocycles. The van der Waals surface area contributed by atoms with E-state index >= 15 is 0 Å². The number of hydrogen-bond acceptors (Lipinski definition) is 5. The van der Waals surface area contributed by atoms with Crippen LogP contribution in [0.25, 0.3) is 33.7 Å². The van der Waals surface area contributed by atoms with Crippen LogP contribution >= 0.6 is 11.6 Å². The average Bonchev–Trinajstić information content (AvgIpc) is 3.28. The molecule has 0 aliphatic heterocycles. The van der Waals surface area contributed by atoms with Crippen LogP contribution < -0.4 is 11.2 Å². The van der Waals surface area contributed by atoms with Crippen LogP contribution in [0.15, 0.2) is 80.8 Å². The zero-order valence-corrected chi connectivity index (χ0v) is 17.8. The number of aromatic amines is 1. The maximum atomic E-state index is 13.0. The van der Waals surface area contributed by atoms with Crippen molar-refractivity contribution in [2.45, 2.75) is 13.5 Å². The molecule has 0 aliphatic rings. The van der Waals surface area contributed by atoms with Gasteiger partial charge in [-0.3, -0.25) is 9.36 Å². The SMILES string of the molecule is Cc1ccc(Cn2c(=O)[nH]c3cc(-c4nc(-c5ccccc5Cl)no4)ccc3c2=O)cc1. The summed E-state index contributed by atoms with van der Waals surface area (Å²) in [5.41, 5.74) is 2.76. The summed E-state index contributed by atoms with van der Waals surface area (Å²) in [4.78, 5) is 32.8. The van der Waals surface area contributed by atoms with E-state index in [0.29, 0.717) is 32.9 Å². The standard InChI is InChI=1S/C24H17ClN4O3/c1-14-6-8-15(9-7-14)13-29-23(30)18-11-10-16(12-20(18)26-24(29)31)22-27-21(28-32-22)17-4-2-3-5-19(17)25/h2-12H,13H2,1H3,(H,26,31). The minimum absolute atomic E-state index is 0.191. The molecule has 0 unspecified atom stereocenters. The number of aryl methyl sites for hydroxylation is 1. The van der Waals surface area contributed by atoms with E-state index in [9.17, 15) is 9.59 Å². The van der Waals surface area contributed by atoms with Crippen molar-refractivity contribution < 1.29 is 4.52 Å². The zero-order chi connectivity index (χ0) is 22.2. The second kappa shape index (κ2) is 7.94. The van der Waals surface area contributed by atoms with E-state index in [4.69, 9.17) is 16.1 Å². The number of hydrogen-bond donors (Lipinski definition) is 1. The van der Waals surface area contributed by atoms with Gasteiger partial charge in [-0.05, 0) is 42.8 Å². The number of aromatic nitrogens is 4. The van der Waals surface area contributed by atoms with Crippen LogP contribution in [-0.2, 0) is 6.54 Å². The Labute approximate surface area is 186 Å². The number of benzene rings is 3. The van der Waals surface area contributed by atoms with Crippen molar-refractivity contribution >= 4 is 22.5 Å². The third-order valence-corrected chi connectivity index (χ3v) is 5.56. The molecular formula is C24H17ClN4O3. The molecule has 0 atom stereocenters. The monoisotopic (exact) mass is 444 g/mol. The highest BCUT2D eigenvalue weighted by atomic mass is 35.5. The van der Waals surface area contributed by atoms with Gasteiger partial charge in [-0.2, -0.15) is 4.98 Å². The second-order valence-corrected chi connectivity index (χ2v) is 7.88. The molecule has 0 amide bonds. The molecule has 1 N–H and O–H groups in total. The van der Waals surface area contributed by atoms with Crippen molar-refractivity contribution in [2.75, 3.05) is 0 Å². The van der Waals surface area contributed by atoms with E-state index < -0.39 is 5.69 Å². The fourth-order valence-electron chi connectivity index (χ4n) is 3.50. The summed E-state index contributed by atoms with van der Waals surface area (Å²) in [6.07, 6.45) is 0. The lowest BCUT2D eigenvalue weighted by Crippen LogP contribution is -2.35. The van der Waals surface area contributed by atoms with E-state index in [1.807, 2.05) is 43.3 Å². The van der Waals surface area contributed by atoms with E-state index in [1.54, 1.807) is 30.3 Å². The van der Waals surface area contributed by atoms with Crippen LogP contribution in [0.5, 0.6) is 0 Å². The fourth-order valence-corrected chi connectivity index (χ4v) is 3.72. The lowest BCUT2D eigenvalue weighted by molar-refractivity contribution is 0.432. The molecule has 2 aromatic heterocycles. The fraction of sp³-hybridized carbons (Fsp3) is 0.0833. The van der Waals surface area contributed by atoms with Crippen LogP contribution in [0.3, 0.4) is 0 Å². The maximum absolute atomic E-state index is 13.0. The number of fused-ring (bicyclic) bond motifs is 1. The van der Waals surface area contributed by atoms with Crippen molar-refractivity contribution in [3.63, 3.8) is 0 Å². The second-order valence-electron chi connectivity index (χ2n) is 7.47. The molecule has 158 valence electrons. The van der Waals surface area contributed by atoms with Gasteiger partial charge in [0.25, 0.3) is 11.4 Å². The lowest BCUT2D eigenvalue weighted by atomic mass is 10.1. The van der Waals surface area contributed by atoms with Gasteiger partial charge >= 0.3 is 5.69 Å². The predicted octanol–water partition coefficient (Wildman–Crippen LogP) is 4.42. The lowest BCUT2D eigenvalue weighted by Gasteiger charge is -2.07. The van der Waals surface area contributed by atoms with E-state index in [0.717, 1.165) is 11.1 Å². The summed E-state index contributed by atoms with van der Waals surface area (Å²) >= 11 is 6.21. The highest BCUT2D eigenvalue weighted by Crippen LogP contribution is 2.28. The van der Waals surface area contributed by atoms with Crippen molar-refractivity contribution in [2.24, 2.45) is 0 Å². The average molecular weight is 445 g/mol. The molecule has 0 bridgehead atoms. The Morgan fingerprint density at radius 2 is 1.81 bits per heavy atom. The molecule has 32 heavy (non-hydrogen) atoms. The third kappa shape index (κ3) is 3.63. The Morgan fingerprint density at radius 1 is 1.03 bits per heavy atom. The molecule has 8 heteroatoms. The number of halogens is 1. The first-order valence-corrected chi connectivity index (χ1v) is 10.3. The Balaban J connectivity index is 1.53. The van der Waals surface area contributed by atoms with Gasteiger partial charge in [0, 0.05) is 11.1 Å². The first-order chi connectivity index (χ1) is 15.5. The van der Waals surface area contributed by atoms with Gasteiger partial charge < -0.3 is 9.51 Å². The molecule has 5 rings (SSSR count). The first kappa shape index (κ1) is 20.0. The van der Waals surface area contributed by atoms with Crippen LogP contribution in [-0.4, -0.2) is 19.7 Å². The molecular weight excluding hydrogens is 428 g/mol. The smallest absolute Gasteiger partial charge is 0.329 e.